The average molecular weight is 233 g/mol. The van der Waals surface area contributed by atoms with Crippen LogP contribution in [0.3, 0.4) is 0 Å². The predicted molar refractivity (Wildman–Crippen MR) is 69.4 cm³/mol. The topological polar surface area (TPSA) is 37.3 Å². The van der Waals surface area contributed by atoms with Gasteiger partial charge in [0.1, 0.15) is 0 Å². The highest BCUT2D eigenvalue weighted by atomic mass is 24.3. The van der Waals surface area contributed by atoms with Crippen molar-refractivity contribution in [2.24, 2.45) is 5.41 Å². The lowest BCUT2D eigenvalue weighted by Crippen LogP contribution is -2.44. The maximum absolute atomic E-state index is 11.5. The summed E-state index contributed by atoms with van der Waals surface area (Å²) < 4.78 is 0. The van der Waals surface area contributed by atoms with E-state index in [1.54, 1.807) is 6.92 Å². The van der Waals surface area contributed by atoms with Crippen LogP contribution in [0.5, 0.6) is 0 Å². The van der Waals surface area contributed by atoms with E-state index in [0.29, 0.717) is 0 Å². The Morgan fingerprint density at radius 1 is 1.06 bits per heavy atom. The highest BCUT2D eigenvalue weighted by Crippen LogP contribution is 2.41. The largest absolute Gasteiger partial charge is 0.481 e. The molecular weight excluding hydrogens is 212 g/mol. The molecule has 0 saturated heterocycles. The molecule has 0 radical (unpaired) electrons. The number of carboxylic acids is 1. The van der Waals surface area contributed by atoms with E-state index >= 15 is 0 Å². The summed E-state index contributed by atoms with van der Waals surface area (Å²) in [5, 5.41) is 9.42. The Bertz CT molecular complexity index is 354. The number of hydrogen-bond acceptors (Lipinski definition) is 1. The number of benzene rings is 1. The van der Waals surface area contributed by atoms with E-state index in [1.165, 1.54) is 0 Å². The fourth-order valence-electron chi connectivity index (χ4n) is 1.65. The molecule has 1 aromatic carbocycles. The van der Waals surface area contributed by atoms with Crippen LogP contribution in [0, 0.1) is 5.41 Å². The fourth-order valence-corrected chi connectivity index (χ4v) is 1.65. The van der Waals surface area contributed by atoms with Crippen LogP contribution in [-0.2, 0) is 10.2 Å². The monoisotopic (exact) mass is 232 g/mol. The van der Waals surface area contributed by atoms with E-state index < -0.39 is 11.4 Å². The highest BCUT2D eigenvalue weighted by Gasteiger charge is 2.45. The second-order valence-electron chi connectivity index (χ2n) is 5.05. The van der Waals surface area contributed by atoms with Crippen LogP contribution in [0.15, 0.2) is 30.3 Å². The van der Waals surface area contributed by atoms with Crippen molar-refractivity contribution in [1.82, 2.24) is 0 Å². The third-order valence-electron chi connectivity index (χ3n) is 3.28. The number of carbonyl (C=O) groups is 1. The number of aliphatic carboxylic acids is 1. The molecule has 0 bridgehead atoms. The van der Waals surface area contributed by atoms with E-state index in [4.69, 9.17) is 0 Å². The standard InChI is InChI=1S/C13H18O2.Mg.2H/c1-12(2,3)13(4,11(14)15)10-8-6-5-7-9-10;;;/h5-9H,1-4H3,(H,14,15);;;. The van der Waals surface area contributed by atoms with E-state index in [2.05, 4.69) is 0 Å². The second kappa shape index (κ2) is 5.19. The molecule has 0 aliphatic rings. The first kappa shape index (κ1) is 15.5. The molecule has 16 heavy (non-hydrogen) atoms. The van der Waals surface area contributed by atoms with Crippen molar-refractivity contribution >= 4 is 29.0 Å². The zero-order chi connectivity index (χ0) is 11.7. The van der Waals surface area contributed by atoms with E-state index in [9.17, 15) is 9.90 Å². The summed E-state index contributed by atoms with van der Waals surface area (Å²) in [5.41, 5.74) is -0.320. The third-order valence-corrected chi connectivity index (χ3v) is 3.28. The molecule has 1 aromatic rings. The van der Waals surface area contributed by atoms with Crippen molar-refractivity contribution in [3.63, 3.8) is 0 Å². The summed E-state index contributed by atoms with van der Waals surface area (Å²) in [6.45, 7) is 7.64. The van der Waals surface area contributed by atoms with Crippen molar-refractivity contribution in [2.75, 3.05) is 0 Å². The summed E-state index contributed by atoms with van der Waals surface area (Å²) >= 11 is 0. The van der Waals surface area contributed by atoms with Crippen LogP contribution in [0.2, 0.25) is 0 Å². The van der Waals surface area contributed by atoms with Crippen molar-refractivity contribution in [3.05, 3.63) is 35.9 Å². The van der Waals surface area contributed by atoms with Crippen LogP contribution in [0.4, 0.5) is 0 Å². The normalized spacial score (nSPS) is 14.8. The molecule has 0 aliphatic carbocycles. The second-order valence-corrected chi connectivity index (χ2v) is 5.05. The highest BCUT2D eigenvalue weighted by molar-refractivity contribution is 5.82. The SMILES string of the molecule is CC(C)(C)C(C)(C(=O)O)c1ccccc1.[MgH2]. The van der Waals surface area contributed by atoms with Gasteiger partial charge in [0, 0.05) is 0 Å². The third kappa shape index (κ3) is 2.58. The quantitative estimate of drug-likeness (QED) is 0.794. The van der Waals surface area contributed by atoms with Gasteiger partial charge in [0.25, 0.3) is 0 Å². The van der Waals surface area contributed by atoms with Crippen molar-refractivity contribution in [3.8, 4) is 0 Å². The minimum atomic E-state index is -0.853. The average Bonchev–Trinajstić information content (AvgIpc) is 2.16. The molecule has 86 valence electrons. The minimum absolute atomic E-state index is 0. The Morgan fingerprint density at radius 3 is 1.81 bits per heavy atom. The summed E-state index contributed by atoms with van der Waals surface area (Å²) in [6.07, 6.45) is 0. The number of hydrogen-bond donors (Lipinski definition) is 1. The molecule has 0 saturated carbocycles. The van der Waals surface area contributed by atoms with Gasteiger partial charge in [-0.15, -0.1) is 0 Å². The summed E-state index contributed by atoms with van der Waals surface area (Å²) in [5.74, 6) is -0.777. The molecule has 1 rings (SSSR count). The van der Waals surface area contributed by atoms with Crippen LogP contribution in [-0.4, -0.2) is 34.1 Å². The van der Waals surface area contributed by atoms with Gasteiger partial charge in [-0.3, -0.25) is 4.79 Å². The van der Waals surface area contributed by atoms with Gasteiger partial charge in [0.15, 0.2) is 0 Å². The molecule has 1 N–H and O–H groups in total. The zero-order valence-corrected chi connectivity index (χ0v) is 9.74. The molecule has 3 heteroatoms. The van der Waals surface area contributed by atoms with Crippen molar-refractivity contribution in [2.45, 2.75) is 33.1 Å². The maximum atomic E-state index is 11.5. The fraction of sp³-hybridized carbons (Fsp3) is 0.462. The first-order valence-corrected chi connectivity index (χ1v) is 5.09. The van der Waals surface area contributed by atoms with E-state index in [-0.39, 0.29) is 28.5 Å². The lowest BCUT2D eigenvalue weighted by atomic mass is 9.64. The van der Waals surface area contributed by atoms with Crippen LogP contribution < -0.4 is 0 Å². The molecule has 0 heterocycles. The van der Waals surface area contributed by atoms with Crippen molar-refractivity contribution in [1.29, 1.82) is 0 Å². The van der Waals surface area contributed by atoms with Crippen LogP contribution in [0.25, 0.3) is 0 Å². The van der Waals surface area contributed by atoms with Crippen molar-refractivity contribution < 1.29 is 9.90 Å². The molecule has 2 nitrogen and oxygen atoms in total. The number of rotatable bonds is 2. The smallest absolute Gasteiger partial charge is 0.316 e. The van der Waals surface area contributed by atoms with Gasteiger partial charge in [0.05, 0.1) is 5.41 Å². The Kier molecular flexibility index (Phi) is 5.01. The van der Waals surface area contributed by atoms with Crippen LogP contribution in [0.1, 0.15) is 33.3 Å². The van der Waals surface area contributed by atoms with Gasteiger partial charge in [-0.05, 0) is 17.9 Å². The van der Waals surface area contributed by atoms with E-state index in [0.717, 1.165) is 5.56 Å². The number of carboxylic acid groups (broad SMARTS) is 1. The Labute approximate surface area is 113 Å². The predicted octanol–water partition coefficient (Wildman–Crippen LogP) is 2.16. The minimum Gasteiger partial charge on any atom is -0.481 e. The van der Waals surface area contributed by atoms with Crippen LogP contribution >= 0.6 is 0 Å². The first-order valence-electron chi connectivity index (χ1n) is 5.09. The van der Waals surface area contributed by atoms with E-state index in [1.807, 2.05) is 51.1 Å². The Hall–Kier alpha value is -0.544. The summed E-state index contributed by atoms with van der Waals surface area (Å²) in [4.78, 5) is 11.5. The summed E-state index contributed by atoms with van der Waals surface area (Å²) in [6, 6.07) is 9.40. The first-order chi connectivity index (χ1) is 6.80. The van der Waals surface area contributed by atoms with Gasteiger partial charge < -0.3 is 5.11 Å². The molecule has 0 spiro atoms. The maximum Gasteiger partial charge on any atom is 0.316 e. The van der Waals surface area contributed by atoms with Gasteiger partial charge in [-0.25, -0.2) is 0 Å². The molecule has 1 unspecified atom stereocenters. The lowest BCUT2D eigenvalue weighted by Gasteiger charge is -2.38. The molecule has 0 fully saturated rings. The molecule has 0 amide bonds. The van der Waals surface area contributed by atoms with Gasteiger partial charge in [0.2, 0.25) is 0 Å². The molecule has 0 aliphatic heterocycles. The molecule has 0 aromatic heterocycles. The Balaban J connectivity index is 0.00000225. The Morgan fingerprint density at radius 2 is 1.50 bits per heavy atom. The van der Waals surface area contributed by atoms with Gasteiger partial charge in [-0.2, -0.15) is 0 Å². The zero-order valence-electron chi connectivity index (χ0n) is 9.74. The van der Waals surface area contributed by atoms with Gasteiger partial charge >= 0.3 is 29.0 Å². The summed E-state index contributed by atoms with van der Waals surface area (Å²) in [7, 11) is 0. The molecular formula is C13H20MgO2. The lowest BCUT2D eigenvalue weighted by molar-refractivity contribution is -0.147. The van der Waals surface area contributed by atoms with Gasteiger partial charge in [-0.1, -0.05) is 51.1 Å². The molecule has 1 atom stereocenters.